The Morgan fingerprint density at radius 1 is 0.987 bits per heavy atom. The molecule has 0 radical (unpaired) electrons. The zero-order valence-electron chi connectivity index (χ0n) is 44.5. The Bertz CT molecular complexity index is 3140. The van der Waals surface area contributed by atoms with Gasteiger partial charge in [0.1, 0.15) is 53.0 Å². The molecule has 6 aromatic rings. The average molecular weight is 1130 g/mol. The summed E-state index contributed by atoms with van der Waals surface area (Å²) in [5.74, 6) is -2.95. The van der Waals surface area contributed by atoms with Gasteiger partial charge in [-0.3, -0.25) is 14.4 Å². The van der Waals surface area contributed by atoms with Gasteiger partial charge in [-0.15, -0.1) is 11.3 Å². The first-order chi connectivity index (χ1) is 37.9. The molecular formula is C54H64ClF2N11O10S. The lowest BCUT2D eigenvalue weighted by molar-refractivity contribution is -0.141. The van der Waals surface area contributed by atoms with Gasteiger partial charge in [-0.25, -0.2) is 23.5 Å². The van der Waals surface area contributed by atoms with Gasteiger partial charge >= 0.3 is 6.03 Å². The van der Waals surface area contributed by atoms with Crippen LogP contribution >= 0.6 is 22.9 Å². The number of piperazine rings is 1. The van der Waals surface area contributed by atoms with Crippen LogP contribution in [-0.2, 0) is 30.4 Å². The number of likely N-dealkylation sites (tertiary alicyclic amines) is 1. The van der Waals surface area contributed by atoms with Crippen LogP contribution < -0.4 is 26.0 Å². The van der Waals surface area contributed by atoms with Gasteiger partial charge < -0.3 is 64.9 Å². The molecule has 79 heavy (non-hydrogen) atoms. The second kappa shape index (κ2) is 26.1. The highest BCUT2D eigenvalue weighted by Crippen LogP contribution is 2.43. The number of aliphatic hydroxyl groups is 1. The number of nitrogens with zero attached hydrogens (tertiary/aromatic N) is 8. The number of thiazole rings is 1. The van der Waals surface area contributed by atoms with Crippen molar-refractivity contribution in [1.82, 2.24) is 40.1 Å². The van der Waals surface area contributed by atoms with E-state index in [9.17, 15) is 29.4 Å². The molecule has 3 atom stereocenters. The van der Waals surface area contributed by atoms with Gasteiger partial charge in [-0.05, 0) is 49.6 Å². The standard InChI is InChI=1S/C54H64ClF2N11O10S/c1-30(2)44(42-23-31(3)64-78-42)52(73)68-28-35(69)25-39(68)51(72)60-27-34-10-9-33(49-32(4)61-29-79-49)24-41(34)77-22-21-76-20-19-75-18-17-65(5)43(71)11-12-59-54-62-48-36(50(63-54)66-13-15-67(16-14-66)53(58)74)26-37(55)45(47(48)57)46-38(56)7-6-8-40(46)70/h6-10,23-24,26,29-30,35,39,44,69-70H,11-22,25,27-28H2,1-5H3,(H2,58,74)(H,60,72)(H,59,62,63)/t35-,39+,44+/m1/s1. The molecule has 422 valence electrons. The molecule has 5 heterocycles. The lowest BCUT2D eigenvalue weighted by Gasteiger charge is -2.35. The number of rotatable bonds is 23. The highest BCUT2D eigenvalue weighted by atomic mass is 35.5. The van der Waals surface area contributed by atoms with E-state index >= 15 is 8.78 Å². The molecule has 8 rings (SSSR count). The van der Waals surface area contributed by atoms with E-state index in [-0.39, 0.29) is 130 Å². The van der Waals surface area contributed by atoms with Crippen LogP contribution in [-0.4, -0.2) is 167 Å². The van der Waals surface area contributed by atoms with E-state index in [2.05, 4.69) is 30.7 Å². The van der Waals surface area contributed by atoms with Crippen LogP contribution in [0.1, 0.15) is 55.3 Å². The van der Waals surface area contributed by atoms with Gasteiger partial charge in [0, 0.05) is 94.8 Å². The van der Waals surface area contributed by atoms with Crippen molar-refractivity contribution in [3.63, 3.8) is 0 Å². The number of nitrogens with two attached hydrogens (primary N) is 1. The van der Waals surface area contributed by atoms with E-state index in [4.69, 9.17) is 36.1 Å². The van der Waals surface area contributed by atoms with Crippen molar-refractivity contribution >= 4 is 69.4 Å². The first-order valence-electron chi connectivity index (χ1n) is 25.9. The normalized spacial score (nSPS) is 15.9. The maximum Gasteiger partial charge on any atom is 0.314 e. The molecule has 3 aromatic carbocycles. The molecule has 0 unspecified atom stereocenters. The number of primary amides is 1. The molecule has 25 heteroatoms. The van der Waals surface area contributed by atoms with Crippen molar-refractivity contribution in [3.8, 4) is 33.1 Å². The number of phenolic OH excluding ortho intramolecular Hbond substituents is 1. The quantitative estimate of drug-likeness (QED) is 0.0444. The number of hydrogen-bond donors (Lipinski definition) is 5. The number of hydrogen-bond acceptors (Lipinski definition) is 17. The number of likely N-dealkylation sites (N-methyl/N-ethyl adjacent to an activating group) is 1. The van der Waals surface area contributed by atoms with Crippen molar-refractivity contribution in [2.75, 3.05) is 96.1 Å². The van der Waals surface area contributed by atoms with Crippen molar-refractivity contribution in [1.29, 1.82) is 0 Å². The Morgan fingerprint density at radius 2 is 1.73 bits per heavy atom. The molecule has 2 fully saturated rings. The summed E-state index contributed by atoms with van der Waals surface area (Å²) in [7, 11) is 1.64. The number of anilines is 2. The van der Waals surface area contributed by atoms with Gasteiger partial charge in [0.05, 0.1) is 64.9 Å². The molecule has 3 aromatic heterocycles. The third-order valence-electron chi connectivity index (χ3n) is 13.7. The monoisotopic (exact) mass is 1130 g/mol. The van der Waals surface area contributed by atoms with Crippen molar-refractivity contribution in [2.24, 2.45) is 11.7 Å². The number of fused-ring (bicyclic) bond motifs is 1. The predicted octanol–water partition coefficient (Wildman–Crippen LogP) is 6.25. The highest BCUT2D eigenvalue weighted by Gasteiger charge is 2.43. The molecule has 0 saturated carbocycles. The summed E-state index contributed by atoms with van der Waals surface area (Å²) in [6.07, 6.45) is -0.765. The minimum Gasteiger partial charge on any atom is -0.507 e. The molecule has 0 bridgehead atoms. The molecule has 0 spiro atoms. The number of halogens is 3. The Kier molecular flexibility index (Phi) is 19.2. The lowest BCUT2D eigenvalue weighted by atomic mass is 9.91. The van der Waals surface area contributed by atoms with E-state index in [1.165, 1.54) is 44.2 Å². The molecular weight excluding hydrogens is 1070 g/mol. The zero-order chi connectivity index (χ0) is 56.5. The molecule has 6 N–H and O–H groups in total. The number of carbonyl (C=O) groups excluding carboxylic acids is 4. The Morgan fingerprint density at radius 3 is 2.42 bits per heavy atom. The van der Waals surface area contributed by atoms with Gasteiger partial charge in [0.15, 0.2) is 5.82 Å². The van der Waals surface area contributed by atoms with Crippen molar-refractivity contribution in [2.45, 2.75) is 65.1 Å². The van der Waals surface area contributed by atoms with Crippen LogP contribution in [0, 0.1) is 31.4 Å². The highest BCUT2D eigenvalue weighted by molar-refractivity contribution is 7.13. The van der Waals surface area contributed by atoms with Crippen molar-refractivity contribution in [3.05, 3.63) is 93.4 Å². The number of urea groups is 1. The van der Waals surface area contributed by atoms with E-state index in [0.717, 1.165) is 22.2 Å². The lowest BCUT2D eigenvalue weighted by Crippen LogP contribution is -2.50. The van der Waals surface area contributed by atoms with Crippen LogP contribution in [0.5, 0.6) is 11.5 Å². The largest absolute Gasteiger partial charge is 0.507 e. The molecule has 2 aliphatic rings. The van der Waals surface area contributed by atoms with E-state index in [1.54, 1.807) is 25.5 Å². The third-order valence-corrected chi connectivity index (χ3v) is 15.0. The summed E-state index contributed by atoms with van der Waals surface area (Å²) in [6.45, 7) is 10.2. The molecule has 2 aliphatic heterocycles. The average Bonchev–Trinajstić information content (AvgIpc) is 4.30. The fourth-order valence-electron chi connectivity index (χ4n) is 9.56. The minimum absolute atomic E-state index is 0.0140. The summed E-state index contributed by atoms with van der Waals surface area (Å²) in [5, 5.41) is 31.1. The predicted molar refractivity (Wildman–Crippen MR) is 292 cm³/mol. The Hall–Kier alpha value is -7.25. The van der Waals surface area contributed by atoms with Crippen LogP contribution in [0.3, 0.4) is 0 Å². The number of aliphatic hydroxyl groups excluding tert-OH is 1. The number of ether oxygens (including phenoxy) is 3. The van der Waals surface area contributed by atoms with E-state index in [0.29, 0.717) is 41.7 Å². The zero-order valence-corrected chi connectivity index (χ0v) is 46.0. The number of nitrogens with one attached hydrogen (secondary N) is 2. The summed E-state index contributed by atoms with van der Waals surface area (Å²) >= 11 is 8.07. The first-order valence-corrected chi connectivity index (χ1v) is 27.1. The summed E-state index contributed by atoms with van der Waals surface area (Å²) in [5.41, 5.74) is 9.35. The van der Waals surface area contributed by atoms with E-state index in [1.807, 2.05) is 43.9 Å². The third kappa shape index (κ3) is 13.8. The van der Waals surface area contributed by atoms with Gasteiger partial charge in [-0.2, -0.15) is 4.98 Å². The molecule has 2 saturated heterocycles. The number of aromatic nitrogens is 4. The summed E-state index contributed by atoms with van der Waals surface area (Å²) in [6, 6.07) is 10.9. The minimum atomic E-state index is -0.986. The summed E-state index contributed by atoms with van der Waals surface area (Å²) in [4.78, 5) is 73.4. The number of benzene rings is 3. The number of amides is 5. The maximum absolute atomic E-state index is 16.5. The van der Waals surface area contributed by atoms with Crippen molar-refractivity contribution < 1.29 is 56.9 Å². The summed E-state index contributed by atoms with van der Waals surface area (Å²) < 4.78 is 54.8. The van der Waals surface area contributed by atoms with Gasteiger partial charge in [-0.1, -0.05) is 48.8 Å². The Labute approximate surface area is 464 Å². The SMILES string of the molecule is Cc1cc([C@@H](C(=O)N2C[C@H](O)C[C@H]2C(=O)NCc2ccc(-c3scnc3C)cc2OCCOCCOCCN(C)C(=O)CCNc2nc(N3CCN(C(N)=O)CC3)c3cc(Cl)c(-c4c(O)cccc4F)c(F)c3n2)C(C)C)on1. The topological polar surface area (TPSA) is 264 Å². The second-order valence-corrected chi connectivity index (χ2v) is 20.9. The van der Waals surface area contributed by atoms with Crippen LogP contribution in [0.4, 0.5) is 25.3 Å². The second-order valence-electron chi connectivity index (χ2n) is 19.6. The smallest absolute Gasteiger partial charge is 0.314 e. The fourth-order valence-corrected chi connectivity index (χ4v) is 10.7. The number of carbonyl (C=O) groups is 4. The maximum atomic E-state index is 16.5. The van der Waals surface area contributed by atoms with Crippen LogP contribution in [0.15, 0.2) is 58.6 Å². The number of phenols is 1. The molecule has 0 aliphatic carbocycles. The fraction of sp³-hybridized carbons (Fsp3) is 0.444. The van der Waals surface area contributed by atoms with E-state index < -0.39 is 52.9 Å². The van der Waals surface area contributed by atoms with Crippen LogP contribution in [0.25, 0.3) is 32.5 Å². The van der Waals surface area contributed by atoms with Gasteiger partial charge in [0.25, 0.3) is 0 Å². The first kappa shape index (κ1) is 57.9. The number of aryl methyl sites for hydroxylation is 2. The molecule has 21 nitrogen and oxygen atoms in total. The van der Waals surface area contributed by atoms with Crippen LogP contribution in [0.2, 0.25) is 5.02 Å². The number of aromatic hydroxyl groups is 1. The molecule has 5 amide bonds. The Balaban J connectivity index is 0.803. The van der Waals surface area contributed by atoms with Gasteiger partial charge in [0.2, 0.25) is 23.7 Å². The number of β-amino-alcohol motifs (C(OH)–C–C–N with tert-alkyl or cyclic N) is 1.